The smallest absolute Gasteiger partial charge is 0.340 e. The Hall–Kier alpha value is -3.35. The molecule has 0 fully saturated rings. The summed E-state index contributed by atoms with van der Waals surface area (Å²) in [6.45, 7) is 7.20. The SMILES string of the molecule is C=CCNC(=O)C(=O)c1[nH]c(C)c(C(=O)OCC)c1-c1ccc(OC)cc1. The Bertz CT molecular complexity index is 865. The molecule has 0 aliphatic carbocycles. The molecule has 27 heavy (non-hydrogen) atoms. The zero-order valence-electron chi connectivity index (χ0n) is 15.5. The number of ether oxygens (including phenoxy) is 2. The molecule has 0 saturated heterocycles. The summed E-state index contributed by atoms with van der Waals surface area (Å²) >= 11 is 0. The van der Waals surface area contributed by atoms with Gasteiger partial charge in [-0.1, -0.05) is 18.2 Å². The molecule has 0 spiro atoms. The van der Waals surface area contributed by atoms with Gasteiger partial charge < -0.3 is 19.8 Å². The highest BCUT2D eigenvalue weighted by molar-refractivity contribution is 6.43. The van der Waals surface area contributed by atoms with Gasteiger partial charge >= 0.3 is 5.97 Å². The molecule has 2 N–H and O–H groups in total. The Balaban J connectivity index is 2.60. The first-order chi connectivity index (χ1) is 12.9. The molecule has 0 aliphatic heterocycles. The first-order valence-electron chi connectivity index (χ1n) is 8.42. The van der Waals surface area contributed by atoms with Crippen LogP contribution in [-0.4, -0.2) is 42.9 Å². The number of aromatic amines is 1. The third-order valence-electron chi connectivity index (χ3n) is 3.89. The molecular formula is C20H22N2O5. The number of hydrogen-bond acceptors (Lipinski definition) is 5. The minimum absolute atomic E-state index is 0.0299. The zero-order valence-corrected chi connectivity index (χ0v) is 15.5. The number of benzene rings is 1. The van der Waals surface area contributed by atoms with E-state index in [4.69, 9.17) is 9.47 Å². The summed E-state index contributed by atoms with van der Waals surface area (Å²) in [5.74, 6) is -1.51. The lowest BCUT2D eigenvalue weighted by molar-refractivity contribution is -0.116. The topological polar surface area (TPSA) is 97.5 Å². The maximum Gasteiger partial charge on any atom is 0.340 e. The number of ketones is 1. The summed E-state index contributed by atoms with van der Waals surface area (Å²) in [5, 5.41) is 2.45. The summed E-state index contributed by atoms with van der Waals surface area (Å²) in [4.78, 5) is 40.1. The molecule has 1 amide bonds. The second-order valence-corrected chi connectivity index (χ2v) is 5.65. The molecule has 0 bridgehead atoms. The molecule has 7 heteroatoms. The summed E-state index contributed by atoms with van der Waals surface area (Å²) in [6, 6.07) is 6.84. The number of esters is 1. The zero-order chi connectivity index (χ0) is 20.0. The Morgan fingerprint density at radius 1 is 1.22 bits per heavy atom. The van der Waals surface area contributed by atoms with E-state index in [0.717, 1.165) is 0 Å². The number of carbonyl (C=O) groups excluding carboxylic acids is 3. The van der Waals surface area contributed by atoms with Gasteiger partial charge in [-0.05, 0) is 31.5 Å². The Morgan fingerprint density at radius 2 is 1.89 bits per heavy atom. The van der Waals surface area contributed by atoms with Crippen molar-refractivity contribution in [1.82, 2.24) is 10.3 Å². The van der Waals surface area contributed by atoms with E-state index in [1.54, 1.807) is 45.2 Å². The Labute approximate surface area is 157 Å². The average molecular weight is 370 g/mol. The van der Waals surface area contributed by atoms with E-state index >= 15 is 0 Å². The maximum atomic E-state index is 12.7. The number of nitrogens with one attached hydrogen (secondary N) is 2. The molecular weight excluding hydrogens is 348 g/mol. The van der Waals surface area contributed by atoms with Gasteiger partial charge in [0, 0.05) is 17.8 Å². The highest BCUT2D eigenvalue weighted by Gasteiger charge is 2.29. The third-order valence-corrected chi connectivity index (χ3v) is 3.89. The van der Waals surface area contributed by atoms with Crippen molar-refractivity contribution in [2.24, 2.45) is 0 Å². The monoisotopic (exact) mass is 370 g/mol. The van der Waals surface area contributed by atoms with Gasteiger partial charge in [0.15, 0.2) is 0 Å². The van der Waals surface area contributed by atoms with Crippen LogP contribution in [0.2, 0.25) is 0 Å². The van der Waals surface area contributed by atoms with Crippen LogP contribution in [0.1, 0.15) is 33.5 Å². The lowest BCUT2D eigenvalue weighted by Crippen LogP contribution is -2.31. The van der Waals surface area contributed by atoms with E-state index in [9.17, 15) is 14.4 Å². The number of carbonyl (C=O) groups is 3. The van der Waals surface area contributed by atoms with Crippen LogP contribution in [0.15, 0.2) is 36.9 Å². The molecule has 2 rings (SSSR count). The average Bonchev–Trinajstić information content (AvgIpc) is 3.02. The minimum atomic E-state index is -0.790. The summed E-state index contributed by atoms with van der Waals surface area (Å²) in [5.41, 5.74) is 1.61. The van der Waals surface area contributed by atoms with Crippen LogP contribution in [0.25, 0.3) is 11.1 Å². The number of aromatic nitrogens is 1. The normalized spacial score (nSPS) is 10.2. The van der Waals surface area contributed by atoms with Crippen molar-refractivity contribution in [3.63, 3.8) is 0 Å². The predicted octanol–water partition coefficient (Wildman–Crippen LogP) is 2.66. The highest BCUT2D eigenvalue weighted by atomic mass is 16.5. The minimum Gasteiger partial charge on any atom is -0.497 e. The summed E-state index contributed by atoms with van der Waals surface area (Å²) < 4.78 is 10.3. The van der Waals surface area contributed by atoms with Crippen LogP contribution in [0.5, 0.6) is 5.75 Å². The van der Waals surface area contributed by atoms with Gasteiger partial charge in [-0.3, -0.25) is 9.59 Å². The number of hydrogen-bond donors (Lipinski definition) is 2. The van der Waals surface area contributed by atoms with Gasteiger partial charge in [-0.15, -0.1) is 6.58 Å². The second-order valence-electron chi connectivity index (χ2n) is 5.65. The van der Waals surface area contributed by atoms with Crippen molar-refractivity contribution in [1.29, 1.82) is 0 Å². The predicted molar refractivity (Wildman–Crippen MR) is 101 cm³/mol. The molecule has 0 unspecified atom stereocenters. The van der Waals surface area contributed by atoms with Crippen LogP contribution in [0.4, 0.5) is 0 Å². The largest absolute Gasteiger partial charge is 0.497 e. The van der Waals surface area contributed by atoms with Gasteiger partial charge in [0.25, 0.3) is 11.7 Å². The van der Waals surface area contributed by atoms with E-state index in [1.165, 1.54) is 6.08 Å². The Morgan fingerprint density at radius 3 is 2.44 bits per heavy atom. The van der Waals surface area contributed by atoms with Crippen LogP contribution in [0, 0.1) is 6.92 Å². The van der Waals surface area contributed by atoms with Gasteiger partial charge in [-0.2, -0.15) is 0 Å². The fourth-order valence-electron chi connectivity index (χ4n) is 2.66. The maximum absolute atomic E-state index is 12.7. The van der Waals surface area contributed by atoms with Gasteiger partial charge in [0.05, 0.1) is 19.3 Å². The molecule has 7 nitrogen and oxygen atoms in total. The van der Waals surface area contributed by atoms with E-state index in [0.29, 0.717) is 22.6 Å². The number of amides is 1. The Kier molecular flexibility index (Phi) is 6.54. The van der Waals surface area contributed by atoms with Crippen LogP contribution >= 0.6 is 0 Å². The standard InChI is InChI=1S/C20H22N2O5/c1-5-11-21-19(24)18(23)17-16(13-7-9-14(26-4)10-8-13)15(12(3)22-17)20(25)27-6-2/h5,7-10,22H,1,6,11H2,2-4H3,(H,21,24). The van der Waals surface area contributed by atoms with Gasteiger partial charge in [0.1, 0.15) is 11.4 Å². The number of H-pyrrole nitrogens is 1. The third kappa shape index (κ3) is 4.25. The van der Waals surface area contributed by atoms with E-state index in [2.05, 4.69) is 16.9 Å². The molecule has 0 aliphatic rings. The lowest BCUT2D eigenvalue weighted by Gasteiger charge is -2.09. The van der Waals surface area contributed by atoms with Crippen LogP contribution < -0.4 is 10.1 Å². The number of rotatable bonds is 8. The highest BCUT2D eigenvalue weighted by Crippen LogP contribution is 2.32. The van der Waals surface area contributed by atoms with Crippen molar-refractivity contribution in [2.45, 2.75) is 13.8 Å². The van der Waals surface area contributed by atoms with Crippen molar-refractivity contribution in [3.8, 4) is 16.9 Å². The van der Waals surface area contributed by atoms with E-state index in [1.807, 2.05) is 0 Å². The first-order valence-corrected chi connectivity index (χ1v) is 8.42. The first kappa shape index (κ1) is 20.0. The molecule has 2 aromatic rings. The molecule has 0 radical (unpaired) electrons. The van der Waals surface area contributed by atoms with Crippen molar-refractivity contribution < 1.29 is 23.9 Å². The lowest BCUT2D eigenvalue weighted by atomic mass is 9.98. The molecule has 142 valence electrons. The van der Waals surface area contributed by atoms with Crippen LogP contribution in [-0.2, 0) is 9.53 Å². The molecule has 0 atom stereocenters. The van der Waals surface area contributed by atoms with E-state index < -0.39 is 17.7 Å². The van der Waals surface area contributed by atoms with Crippen LogP contribution in [0.3, 0.4) is 0 Å². The van der Waals surface area contributed by atoms with Crippen molar-refractivity contribution in [2.75, 3.05) is 20.3 Å². The van der Waals surface area contributed by atoms with Gasteiger partial charge in [0.2, 0.25) is 0 Å². The number of Topliss-reactive ketones (excluding diaryl/α,β-unsaturated/α-hetero) is 1. The fraction of sp³-hybridized carbons (Fsp3) is 0.250. The summed E-state index contributed by atoms with van der Waals surface area (Å²) in [6.07, 6.45) is 1.47. The van der Waals surface area contributed by atoms with Crippen molar-refractivity contribution in [3.05, 3.63) is 53.9 Å². The molecule has 0 saturated carbocycles. The second kappa shape index (κ2) is 8.84. The summed E-state index contributed by atoms with van der Waals surface area (Å²) in [7, 11) is 1.54. The van der Waals surface area contributed by atoms with Gasteiger partial charge in [-0.25, -0.2) is 4.79 Å². The quantitative estimate of drug-likeness (QED) is 0.322. The molecule has 1 heterocycles. The number of methoxy groups -OCH3 is 1. The van der Waals surface area contributed by atoms with E-state index in [-0.39, 0.29) is 24.4 Å². The molecule has 1 aromatic heterocycles. The number of aryl methyl sites for hydroxylation is 1. The molecule has 1 aromatic carbocycles. The fourth-order valence-corrected chi connectivity index (χ4v) is 2.66. The van der Waals surface area contributed by atoms with Crippen molar-refractivity contribution >= 4 is 17.7 Å².